The van der Waals surface area contributed by atoms with Crippen LogP contribution in [0.15, 0.2) is 29.2 Å². The van der Waals surface area contributed by atoms with Gasteiger partial charge in [0, 0.05) is 10.9 Å². The Morgan fingerprint density at radius 2 is 1.88 bits per heavy atom. The van der Waals surface area contributed by atoms with E-state index in [0.29, 0.717) is 6.04 Å². The highest BCUT2D eigenvalue weighted by atomic mass is 32.2. The zero-order valence-electron chi connectivity index (χ0n) is 11.0. The summed E-state index contributed by atoms with van der Waals surface area (Å²) in [5.41, 5.74) is 0. The van der Waals surface area contributed by atoms with Crippen LogP contribution in [0.4, 0.5) is 0 Å². The third kappa shape index (κ3) is 6.59. The molecule has 2 nitrogen and oxygen atoms in total. The van der Waals surface area contributed by atoms with Crippen LogP contribution >= 0.6 is 11.8 Å². The van der Waals surface area contributed by atoms with Crippen molar-refractivity contribution in [1.82, 2.24) is 5.32 Å². The molecule has 1 aromatic carbocycles. The molecule has 0 saturated carbocycles. The van der Waals surface area contributed by atoms with Gasteiger partial charge >= 0.3 is 0 Å². The second-order valence-electron chi connectivity index (χ2n) is 4.34. The minimum absolute atomic E-state index is 0.601. The highest BCUT2D eigenvalue weighted by Crippen LogP contribution is 2.22. The molecular weight excluding hydrogens is 230 g/mol. The van der Waals surface area contributed by atoms with Gasteiger partial charge in [-0.05, 0) is 49.4 Å². The first-order chi connectivity index (χ1) is 8.22. The summed E-state index contributed by atoms with van der Waals surface area (Å²) in [5.74, 6) is 2.11. The van der Waals surface area contributed by atoms with Crippen molar-refractivity contribution in [1.29, 1.82) is 0 Å². The Morgan fingerprint density at radius 1 is 1.18 bits per heavy atom. The van der Waals surface area contributed by atoms with E-state index >= 15 is 0 Å². The molecular formula is C14H23NOS. The van der Waals surface area contributed by atoms with E-state index in [2.05, 4.69) is 31.3 Å². The van der Waals surface area contributed by atoms with E-state index in [4.69, 9.17) is 4.74 Å². The SMILES string of the molecule is COc1ccc(SCCCCNC(C)C)cc1. The summed E-state index contributed by atoms with van der Waals surface area (Å²) in [4.78, 5) is 1.32. The number of methoxy groups -OCH3 is 1. The molecule has 1 aromatic rings. The summed E-state index contributed by atoms with van der Waals surface area (Å²) >= 11 is 1.92. The first-order valence-electron chi connectivity index (χ1n) is 6.22. The van der Waals surface area contributed by atoms with E-state index < -0.39 is 0 Å². The lowest BCUT2D eigenvalue weighted by Crippen LogP contribution is -2.23. The molecule has 0 radical (unpaired) electrons. The van der Waals surface area contributed by atoms with Gasteiger partial charge in [0.15, 0.2) is 0 Å². The second kappa shape index (κ2) is 8.43. The summed E-state index contributed by atoms with van der Waals surface area (Å²) in [7, 11) is 1.70. The van der Waals surface area contributed by atoms with E-state index in [0.717, 1.165) is 12.3 Å². The topological polar surface area (TPSA) is 21.3 Å². The van der Waals surface area contributed by atoms with Crippen LogP contribution in [0.3, 0.4) is 0 Å². The average Bonchev–Trinajstić information content (AvgIpc) is 2.34. The molecule has 3 heteroatoms. The van der Waals surface area contributed by atoms with Crippen molar-refractivity contribution in [3.05, 3.63) is 24.3 Å². The molecule has 0 aliphatic heterocycles. The van der Waals surface area contributed by atoms with E-state index in [-0.39, 0.29) is 0 Å². The molecule has 17 heavy (non-hydrogen) atoms. The number of hydrogen-bond acceptors (Lipinski definition) is 3. The minimum Gasteiger partial charge on any atom is -0.497 e. The van der Waals surface area contributed by atoms with Gasteiger partial charge < -0.3 is 10.1 Å². The van der Waals surface area contributed by atoms with Gasteiger partial charge in [-0.2, -0.15) is 0 Å². The molecule has 96 valence electrons. The van der Waals surface area contributed by atoms with Gasteiger partial charge in [0.1, 0.15) is 5.75 Å². The molecule has 0 heterocycles. The predicted octanol–water partition coefficient (Wildman–Crippen LogP) is 3.57. The van der Waals surface area contributed by atoms with Gasteiger partial charge in [-0.15, -0.1) is 11.8 Å². The van der Waals surface area contributed by atoms with Gasteiger partial charge in [0.2, 0.25) is 0 Å². The van der Waals surface area contributed by atoms with E-state index in [1.54, 1.807) is 7.11 Å². The highest BCUT2D eigenvalue weighted by Gasteiger charge is 1.96. The fourth-order valence-corrected chi connectivity index (χ4v) is 2.39. The lowest BCUT2D eigenvalue weighted by Gasteiger charge is -2.07. The van der Waals surface area contributed by atoms with Gasteiger partial charge in [-0.25, -0.2) is 0 Å². The fraction of sp³-hybridized carbons (Fsp3) is 0.571. The average molecular weight is 253 g/mol. The van der Waals surface area contributed by atoms with Crippen LogP contribution in [0.25, 0.3) is 0 Å². The van der Waals surface area contributed by atoms with Gasteiger partial charge in [0.25, 0.3) is 0 Å². The van der Waals surface area contributed by atoms with Crippen LogP contribution in [0.1, 0.15) is 26.7 Å². The zero-order chi connectivity index (χ0) is 12.5. The molecule has 0 unspecified atom stereocenters. The lowest BCUT2D eigenvalue weighted by molar-refractivity contribution is 0.414. The van der Waals surface area contributed by atoms with Crippen LogP contribution in [-0.2, 0) is 0 Å². The molecule has 1 N–H and O–H groups in total. The maximum absolute atomic E-state index is 5.13. The Morgan fingerprint density at radius 3 is 2.47 bits per heavy atom. The molecule has 0 aliphatic carbocycles. The zero-order valence-corrected chi connectivity index (χ0v) is 11.8. The van der Waals surface area contributed by atoms with E-state index in [9.17, 15) is 0 Å². The summed E-state index contributed by atoms with van der Waals surface area (Å²) in [6.07, 6.45) is 2.51. The number of unbranched alkanes of at least 4 members (excludes halogenated alkanes) is 1. The van der Waals surface area contributed by atoms with Crippen molar-refractivity contribution in [3.63, 3.8) is 0 Å². The van der Waals surface area contributed by atoms with Crippen molar-refractivity contribution in [2.45, 2.75) is 37.6 Å². The number of ether oxygens (including phenoxy) is 1. The quantitative estimate of drug-likeness (QED) is 0.565. The summed E-state index contributed by atoms with van der Waals surface area (Å²) < 4.78 is 5.13. The van der Waals surface area contributed by atoms with Crippen LogP contribution in [0, 0.1) is 0 Å². The third-order valence-electron chi connectivity index (χ3n) is 2.45. The van der Waals surface area contributed by atoms with Crippen molar-refractivity contribution in [2.75, 3.05) is 19.4 Å². The maximum atomic E-state index is 5.13. The summed E-state index contributed by atoms with van der Waals surface area (Å²) in [6.45, 7) is 5.50. The molecule has 1 rings (SSSR count). The normalized spacial score (nSPS) is 10.8. The monoisotopic (exact) mass is 253 g/mol. The Hall–Kier alpha value is -0.670. The first kappa shape index (κ1) is 14.4. The standard InChI is InChI=1S/C14H23NOS/c1-12(2)15-10-4-5-11-17-14-8-6-13(16-3)7-9-14/h6-9,12,15H,4-5,10-11H2,1-3H3. The number of hydrogen-bond donors (Lipinski definition) is 1. The molecule has 0 spiro atoms. The molecule has 0 amide bonds. The van der Waals surface area contributed by atoms with Crippen molar-refractivity contribution in [2.24, 2.45) is 0 Å². The van der Waals surface area contributed by atoms with E-state index in [1.807, 2.05) is 23.9 Å². The highest BCUT2D eigenvalue weighted by molar-refractivity contribution is 7.99. The van der Waals surface area contributed by atoms with Crippen LogP contribution in [-0.4, -0.2) is 25.4 Å². The van der Waals surface area contributed by atoms with Crippen LogP contribution in [0.5, 0.6) is 5.75 Å². The van der Waals surface area contributed by atoms with Crippen LogP contribution < -0.4 is 10.1 Å². The number of nitrogens with one attached hydrogen (secondary N) is 1. The summed E-state index contributed by atoms with van der Waals surface area (Å²) in [6, 6.07) is 8.88. The Labute approximate surface area is 109 Å². The second-order valence-corrected chi connectivity index (χ2v) is 5.51. The Bertz CT molecular complexity index is 298. The van der Waals surface area contributed by atoms with E-state index in [1.165, 1.54) is 23.5 Å². The smallest absolute Gasteiger partial charge is 0.118 e. The molecule has 0 fully saturated rings. The van der Waals surface area contributed by atoms with Gasteiger partial charge in [-0.3, -0.25) is 0 Å². The molecule has 0 saturated heterocycles. The summed E-state index contributed by atoms with van der Waals surface area (Å²) in [5, 5.41) is 3.43. The molecule has 0 atom stereocenters. The Kier molecular flexibility index (Phi) is 7.13. The largest absolute Gasteiger partial charge is 0.497 e. The molecule has 0 bridgehead atoms. The van der Waals surface area contributed by atoms with Crippen molar-refractivity contribution >= 4 is 11.8 Å². The lowest BCUT2D eigenvalue weighted by atomic mass is 10.3. The van der Waals surface area contributed by atoms with Gasteiger partial charge in [0.05, 0.1) is 7.11 Å². The van der Waals surface area contributed by atoms with Crippen molar-refractivity contribution in [3.8, 4) is 5.75 Å². The predicted molar refractivity (Wildman–Crippen MR) is 76.1 cm³/mol. The maximum Gasteiger partial charge on any atom is 0.118 e. The third-order valence-corrected chi connectivity index (χ3v) is 3.55. The minimum atomic E-state index is 0.601. The van der Waals surface area contributed by atoms with Gasteiger partial charge in [-0.1, -0.05) is 13.8 Å². The number of benzene rings is 1. The molecule has 0 aromatic heterocycles. The Balaban J connectivity index is 2.09. The first-order valence-corrected chi connectivity index (χ1v) is 7.21. The number of thioether (sulfide) groups is 1. The number of rotatable bonds is 8. The van der Waals surface area contributed by atoms with Crippen LogP contribution in [0.2, 0.25) is 0 Å². The molecule has 0 aliphatic rings. The van der Waals surface area contributed by atoms with Crippen molar-refractivity contribution < 1.29 is 4.74 Å². The fourth-order valence-electron chi connectivity index (χ4n) is 1.48.